The minimum Gasteiger partial charge on any atom is -0.425 e. The molecule has 0 fully saturated rings. The molecule has 0 saturated carbocycles. The van der Waals surface area contributed by atoms with Gasteiger partial charge in [-0.3, -0.25) is 0 Å². The number of hydrogen-bond acceptors (Lipinski definition) is 7. The summed E-state index contributed by atoms with van der Waals surface area (Å²) in [7, 11) is -3.87. The van der Waals surface area contributed by atoms with Crippen molar-refractivity contribution >= 4 is 32.5 Å². The van der Waals surface area contributed by atoms with Crippen LogP contribution in [0.3, 0.4) is 0 Å². The molecule has 31 heavy (non-hydrogen) atoms. The van der Waals surface area contributed by atoms with Crippen LogP contribution >= 0.6 is 11.3 Å². The van der Waals surface area contributed by atoms with Crippen LogP contribution in [0, 0.1) is 12.8 Å². The normalized spacial score (nSPS) is 12.6. The third-order valence-corrected chi connectivity index (χ3v) is 6.67. The number of ether oxygens (including phenoxy) is 1. The number of esters is 1. The molecule has 0 aliphatic carbocycles. The van der Waals surface area contributed by atoms with E-state index in [0.29, 0.717) is 17.3 Å². The Hall–Kier alpha value is -2.75. The van der Waals surface area contributed by atoms with Crippen LogP contribution in [0.5, 0.6) is 5.75 Å². The highest BCUT2D eigenvalue weighted by atomic mass is 32.2. The first-order chi connectivity index (χ1) is 14.6. The third-order valence-electron chi connectivity index (χ3n) is 4.51. The van der Waals surface area contributed by atoms with Gasteiger partial charge in [0.2, 0.25) is 10.0 Å². The van der Waals surface area contributed by atoms with E-state index in [9.17, 15) is 13.2 Å². The monoisotopic (exact) mass is 459 g/mol. The fraction of sp³-hybridized carbons (Fsp3) is 0.273. The first-order valence-corrected chi connectivity index (χ1v) is 12.1. The largest absolute Gasteiger partial charge is 0.425 e. The summed E-state index contributed by atoms with van der Waals surface area (Å²) in [6.45, 7) is 5.70. The SMILES string of the molecule is Cc1ccc(S(=O)(=O)NC(CC(C)C)C(=O)Oc2ccc(-c3csc(N)n3)cc2)cc1. The molecule has 1 heterocycles. The van der Waals surface area contributed by atoms with Crippen LogP contribution in [0.2, 0.25) is 0 Å². The third kappa shape index (κ3) is 6.13. The van der Waals surface area contributed by atoms with Gasteiger partial charge in [0.1, 0.15) is 11.8 Å². The van der Waals surface area contributed by atoms with E-state index >= 15 is 0 Å². The van der Waals surface area contributed by atoms with E-state index in [4.69, 9.17) is 10.5 Å². The maximum atomic E-state index is 12.8. The minimum absolute atomic E-state index is 0.0794. The fourth-order valence-electron chi connectivity index (χ4n) is 2.94. The summed E-state index contributed by atoms with van der Waals surface area (Å²) in [6, 6.07) is 12.3. The van der Waals surface area contributed by atoms with Crippen molar-refractivity contribution in [3.05, 3.63) is 59.5 Å². The van der Waals surface area contributed by atoms with Crippen molar-refractivity contribution < 1.29 is 17.9 Å². The fourth-order valence-corrected chi connectivity index (χ4v) is 4.71. The zero-order chi connectivity index (χ0) is 22.6. The van der Waals surface area contributed by atoms with Crippen molar-refractivity contribution in [2.24, 2.45) is 5.92 Å². The molecule has 1 atom stereocenters. The van der Waals surface area contributed by atoms with Crippen molar-refractivity contribution in [2.75, 3.05) is 5.73 Å². The number of anilines is 1. The molecular formula is C22H25N3O4S2. The number of nitrogens with two attached hydrogens (primary N) is 1. The number of thiazole rings is 1. The Bertz CT molecular complexity index is 1140. The average molecular weight is 460 g/mol. The molecule has 0 aliphatic heterocycles. The van der Waals surface area contributed by atoms with Crippen LogP contribution in [0.15, 0.2) is 58.8 Å². The number of carbonyl (C=O) groups excluding carboxylic acids is 1. The van der Waals surface area contributed by atoms with Gasteiger partial charge < -0.3 is 10.5 Å². The Morgan fingerprint density at radius 1 is 1.13 bits per heavy atom. The van der Waals surface area contributed by atoms with Crippen molar-refractivity contribution in [1.29, 1.82) is 0 Å². The van der Waals surface area contributed by atoms with E-state index in [2.05, 4.69) is 9.71 Å². The van der Waals surface area contributed by atoms with Gasteiger partial charge in [-0.1, -0.05) is 31.5 Å². The molecule has 0 radical (unpaired) electrons. The number of aryl methyl sites for hydroxylation is 1. The molecule has 164 valence electrons. The summed E-state index contributed by atoms with van der Waals surface area (Å²) < 4.78 is 33.5. The summed E-state index contributed by atoms with van der Waals surface area (Å²) in [4.78, 5) is 17.1. The van der Waals surface area contributed by atoms with Gasteiger partial charge in [-0.2, -0.15) is 4.72 Å². The van der Waals surface area contributed by atoms with Crippen molar-refractivity contribution in [3.63, 3.8) is 0 Å². The van der Waals surface area contributed by atoms with Gasteiger partial charge in [0.25, 0.3) is 0 Å². The van der Waals surface area contributed by atoms with Crippen LogP contribution in [-0.2, 0) is 14.8 Å². The molecule has 9 heteroatoms. The van der Waals surface area contributed by atoms with E-state index in [-0.39, 0.29) is 10.8 Å². The lowest BCUT2D eigenvalue weighted by Crippen LogP contribution is -2.43. The predicted molar refractivity (Wildman–Crippen MR) is 122 cm³/mol. The van der Waals surface area contributed by atoms with Crippen LogP contribution in [0.4, 0.5) is 5.13 Å². The number of nitrogens with one attached hydrogen (secondary N) is 1. The maximum Gasteiger partial charge on any atom is 0.329 e. The van der Waals surface area contributed by atoms with Crippen LogP contribution in [0.1, 0.15) is 25.8 Å². The van der Waals surface area contributed by atoms with Gasteiger partial charge in [-0.15, -0.1) is 11.3 Å². The number of carbonyl (C=O) groups is 1. The highest BCUT2D eigenvalue weighted by Gasteiger charge is 2.28. The maximum absolute atomic E-state index is 12.8. The quantitative estimate of drug-likeness (QED) is 0.389. The molecule has 0 bridgehead atoms. The summed E-state index contributed by atoms with van der Waals surface area (Å²) in [6.07, 6.45) is 0.306. The van der Waals surface area contributed by atoms with Gasteiger partial charge in [0.15, 0.2) is 5.13 Å². The molecule has 0 saturated heterocycles. The van der Waals surface area contributed by atoms with Crippen LogP contribution in [0.25, 0.3) is 11.3 Å². The number of sulfonamides is 1. The zero-order valence-electron chi connectivity index (χ0n) is 17.5. The summed E-state index contributed by atoms with van der Waals surface area (Å²) in [5, 5.41) is 2.32. The molecule has 0 amide bonds. The van der Waals surface area contributed by atoms with E-state index in [0.717, 1.165) is 16.8 Å². The standard InChI is InChI=1S/C22H25N3O4S2/c1-14(2)12-19(25-31(27,28)18-10-4-15(3)5-11-18)21(26)29-17-8-6-16(7-9-17)20-13-30-22(23)24-20/h4-11,13-14,19,25H,12H2,1-3H3,(H2,23,24). The number of nitrogen functional groups attached to an aromatic ring is 1. The lowest BCUT2D eigenvalue weighted by Gasteiger charge is -2.19. The lowest BCUT2D eigenvalue weighted by molar-refractivity contribution is -0.136. The van der Waals surface area contributed by atoms with E-state index in [1.807, 2.05) is 26.2 Å². The highest BCUT2D eigenvalue weighted by Crippen LogP contribution is 2.25. The molecule has 3 N–H and O–H groups in total. The Morgan fingerprint density at radius 3 is 2.32 bits per heavy atom. The Balaban J connectivity index is 1.74. The number of hydrogen-bond donors (Lipinski definition) is 2. The first-order valence-electron chi connectivity index (χ1n) is 9.76. The number of benzene rings is 2. The zero-order valence-corrected chi connectivity index (χ0v) is 19.2. The van der Waals surface area contributed by atoms with Gasteiger partial charge in [-0.25, -0.2) is 18.2 Å². The molecule has 1 unspecified atom stereocenters. The minimum atomic E-state index is -3.87. The van der Waals surface area contributed by atoms with E-state index < -0.39 is 22.0 Å². The lowest BCUT2D eigenvalue weighted by atomic mass is 10.0. The molecule has 1 aromatic heterocycles. The summed E-state index contributed by atoms with van der Waals surface area (Å²) in [5.74, 6) is -0.258. The Kier molecular flexibility index (Phi) is 7.09. The molecule has 7 nitrogen and oxygen atoms in total. The van der Waals surface area contributed by atoms with E-state index in [1.54, 1.807) is 36.4 Å². The molecule has 0 aliphatic rings. The highest BCUT2D eigenvalue weighted by molar-refractivity contribution is 7.89. The second kappa shape index (κ2) is 9.59. The molecule has 0 spiro atoms. The van der Waals surface area contributed by atoms with Gasteiger partial charge in [0.05, 0.1) is 10.6 Å². The molecule has 3 rings (SSSR count). The first kappa shape index (κ1) is 22.9. The van der Waals surface area contributed by atoms with Crippen molar-refractivity contribution in [3.8, 4) is 17.0 Å². The van der Waals surface area contributed by atoms with Gasteiger partial charge in [-0.05, 0) is 55.7 Å². The molecule has 3 aromatic rings. The second-order valence-corrected chi connectivity index (χ2v) is 10.2. The van der Waals surface area contributed by atoms with Gasteiger partial charge in [0, 0.05) is 10.9 Å². The van der Waals surface area contributed by atoms with Crippen molar-refractivity contribution in [2.45, 2.75) is 38.1 Å². The van der Waals surface area contributed by atoms with E-state index in [1.165, 1.54) is 23.5 Å². The predicted octanol–water partition coefficient (Wildman–Crippen LogP) is 4.00. The number of aromatic nitrogens is 1. The number of rotatable bonds is 8. The smallest absolute Gasteiger partial charge is 0.329 e. The Labute approximate surface area is 186 Å². The summed E-state index contributed by atoms with van der Waals surface area (Å²) in [5.41, 5.74) is 8.19. The van der Waals surface area contributed by atoms with Crippen LogP contribution < -0.4 is 15.2 Å². The molecular weight excluding hydrogens is 434 g/mol. The Morgan fingerprint density at radius 2 is 1.77 bits per heavy atom. The number of nitrogens with zero attached hydrogens (tertiary/aromatic N) is 1. The van der Waals surface area contributed by atoms with Crippen molar-refractivity contribution in [1.82, 2.24) is 9.71 Å². The topological polar surface area (TPSA) is 111 Å². The summed E-state index contributed by atoms with van der Waals surface area (Å²) >= 11 is 1.34. The molecule has 2 aromatic carbocycles. The average Bonchev–Trinajstić information content (AvgIpc) is 3.14. The second-order valence-electron chi connectivity index (χ2n) is 7.63. The van der Waals surface area contributed by atoms with Crippen LogP contribution in [-0.4, -0.2) is 25.4 Å². The van der Waals surface area contributed by atoms with Gasteiger partial charge >= 0.3 is 5.97 Å².